The quantitative estimate of drug-likeness (QED) is 0.840. The first kappa shape index (κ1) is 12.5. The Balaban J connectivity index is 2.28. The maximum atomic E-state index is 11.9. The van der Waals surface area contributed by atoms with Gasteiger partial charge in [-0.2, -0.15) is 13.5 Å². The zero-order chi connectivity index (χ0) is 13.3. The van der Waals surface area contributed by atoms with Crippen molar-refractivity contribution in [2.75, 3.05) is 4.72 Å². The standard InChI is InChI=1S/C8H8N4O4S2/c1-12-6(2-3-9-12)18(15,16)11-8-10-5(4-17-8)7(13)14/h2-4H,1H3,(H,10,11)(H,13,14). The summed E-state index contributed by atoms with van der Waals surface area (Å²) in [5.41, 5.74) is -0.206. The summed E-state index contributed by atoms with van der Waals surface area (Å²) >= 11 is 0.896. The van der Waals surface area contributed by atoms with Crippen molar-refractivity contribution in [3.8, 4) is 0 Å². The van der Waals surface area contributed by atoms with Gasteiger partial charge in [0.25, 0.3) is 10.0 Å². The second-order valence-electron chi connectivity index (χ2n) is 3.24. The molecule has 0 unspecified atom stereocenters. The summed E-state index contributed by atoms with van der Waals surface area (Å²) in [6, 6.07) is 1.33. The molecular weight excluding hydrogens is 280 g/mol. The highest BCUT2D eigenvalue weighted by atomic mass is 32.2. The summed E-state index contributed by atoms with van der Waals surface area (Å²) in [6.07, 6.45) is 1.35. The van der Waals surface area contributed by atoms with E-state index in [9.17, 15) is 13.2 Å². The fourth-order valence-corrected chi connectivity index (χ4v) is 3.28. The lowest BCUT2D eigenvalue weighted by atomic mass is 10.5. The van der Waals surface area contributed by atoms with Crippen molar-refractivity contribution in [1.29, 1.82) is 0 Å². The molecule has 0 amide bonds. The summed E-state index contributed by atoms with van der Waals surface area (Å²) in [6.45, 7) is 0. The average molecular weight is 288 g/mol. The van der Waals surface area contributed by atoms with Crippen LogP contribution in [0.1, 0.15) is 10.5 Å². The number of nitrogens with one attached hydrogen (secondary N) is 1. The van der Waals surface area contributed by atoms with Crippen LogP contribution in [-0.4, -0.2) is 34.3 Å². The Hall–Kier alpha value is -1.94. The minimum atomic E-state index is -3.81. The molecule has 0 aliphatic carbocycles. The molecule has 2 rings (SSSR count). The van der Waals surface area contributed by atoms with Crippen LogP contribution in [0, 0.1) is 0 Å². The Morgan fingerprint density at radius 1 is 1.56 bits per heavy atom. The normalized spacial score (nSPS) is 11.4. The molecule has 0 saturated heterocycles. The van der Waals surface area contributed by atoms with Crippen molar-refractivity contribution in [1.82, 2.24) is 14.8 Å². The van der Waals surface area contributed by atoms with Gasteiger partial charge in [0.2, 0.25) is 0 Å². The van der Waals surface area contributed by atoms with Crippen LogP contribution in [0.25, 0.3) is 0 Å². The van der Waals surface area contributed by atoms with Crippen LogP contribution in [0.4, 0.5) is 5.13 Å². The predicted molar refractivity (Wildman–Crippen MR) is 63.1 cm³/mol. The number of aromatic nitrogens is 3. The van der Waals surface area contributed by atoms with Crippen molar-refractivity contribution in [2.24, 2.45) is 7.05 Å². The number of hydrogen-bond acceptors (Lipinski definition) is 6. The van der Waals surface area contributed by atoms with Gasteiger partial charge in [-0.05, 0) is 6.07 Å². The van der Waals surface area contributed by atoms with E-state index in [2.05, 4.69) is 14.8 Å². The molecular formula is C8H8N4O4S2. The van der Waals surface area contributed by atoms with Gasteiger partial charge in [0.15, 0.2) is 15.9 Å². The number of carboxylic acid groups (broad SMARTS) is 1. The zero-order valence-corrected chi connectivity index (χ0v) is 10.7. The number of aromatic carboxylic acids is 1. The van der Waals surface area contributed by atoms with Crippen molar-refractivity contribution in [2.45, 2.75) is 5.03 Å². The average Bonchev–Trinajstić information content (AvgIpc) is 2.86. The topological polar surface area (TPSA) is 114 Å². The van der Waals surface area contributed by atoms with Gasteiger partial charge in [0.05, 0.1) is 6.20 Å². The van der Waals surface area contributed by atoms with Crippen molar-refractivity contribution < 1.29 is 18.3 Å². The molecule has 2 heterocycles. The number of rotatable bonds is 4. The van der Waals surface area contributed by atoms with Crippen LogP contribution < -0.4 is 4.72 Å². The van der Waals surface area contributed by atoms with Crippen molar-refractivity contribution in [3.05, 3.63) is 23.3 Å². The molecule has 0 aliphatic heterocycles. The molecule has 0 spiro atoms. The van der Waals surface area contributed by atoms with Gasteiger partial charge in [-0.1, -0.05) is 0 Å². The largest absolute Gasteiger partial charge is 0.476 e. The maximum absolute atomic E-state index is 11.9. The Bertz CT molecular complexity index is 688. The lowest BCUT2D eigenvalue weighted by Gasteiger charge is -2.04. The highest BCUT2D eigenvalue weighted by molar-refractivity contribution is 7.92. The van der Waals surface area contributed by atoms with Gasteiger partial charge in [-0.3, -0.25) is 9.40 Å². The van der Waals surface area contributed by atoms with Crippen molar-refractivity contribution >= 4 is 32.5 Å². The third-order valence-corrected chi connectivity index (χ3v) is 4.30. The Labute approximate surface area is 106 Å². The first-order chi connectivity index (χ1) is 8.40. The molecule has 10 heteroatoms. The summed E-state index contributed by atoms with van der Waals surface area (Å²) in [4.78, 5) is 14.2. The second-order valence-corrected chi connectivity index (χ2v) is 5.73. The van der Waals surface area contributed by atoms with E-state index in [0.717, 1.165) is 11.3 Å². The molecule has 0 atom stereocenters. The lowest BCUT2D eigenvalue weighted by molar-refractivity contribution is 0.0691. The Kier molecular flexibility index (Phi) is 3.05. The number of carbonyl (C=O) groups is 1. The van der Waals surface area contributed by atoms with Crippen LogP contribution in [0.3, 0.4) is 0 Å². The smallest absolute Gasteiger partial charge is 0.355 e. The SMILES string of the molecule is Cn1nccc1S(=O)(=O)Nc1nc(C(=O)O)cs1. The van der Waals surface area contributed by atoms with Gasteiger partial charge < -0.3 is 5.11 Å². The maximum Gasteiger partial charge on any atom is 0.355 e. The van der Waals surface area contributed by atoms with E-state index >= 15 is 0 Å². The molecule has 0 fully saturated rings. The first-order valence-electron chi connectivity index (χ1n) is 4.60. The van der Waals surface area contributed by atoms with E-state index in [1.807, 2.05) is 0 Å². The molecule has 0 radical (unpaired) electrons. The van der Waals surface area contributed by atoms with E-state index < -0.39 is 16.0 Å². The van der Waals surface area contributed by atoms with Crippen LogP contribution >= 0.6 is 11.3 Å². The van der Waals surface area contributed by atoms with Gasteiger partial charge in [-0.15, -0.1) is 11.3 Å². The fourth-order valence-electron chi connectivity index (χ4n) is 1.21. The molecule has 8 nitrogen and oxygen atoms in total. The summed E-state index contributed by atoms with van der Waals surface area (Å²) < 4.78 is 27.2. The predicted octanol–water partition coefficient (Wildman–Crippen LogP) is 0.376. The Morgan fingerprint density at radius 3 is 2.78 bits per heavy atom. The number of anilines is 1. The molecule has 0 aromatic carbocycles. The number of sulfonamides is 1. The molecule has 0 bridgehead atoms. The van der Waals surface area contributed by atoms with Crippen LogP contribution in [0.2, 0.25) is 0 Å². The van der Waals surface area contributed by atoms with Gasteiger partial charge in [0.1, 0.15) is 0 Å². The first-order valence-corrected chi connectivity index (χ1v) is 6.96. The van der Waals surface area contributed by atoms with Gasteiger partial charge in [-0.25, -0.2) is 9.78 Å². The molecule has 18 heavy (non-hydrogen) atoms. The number of thiazole rings is 1. The lowest BCUT2D eigenvalue weighted by Crippen LogP contribution is -2.16. The molecule has 2 aromatic heterocycles. The number of aryl methyl sites for hydroxylation is 1. The van der Waals surface area contributed by atoms with E-state index in [0.29, 0.717) is 0 Å². The minimum Gasteiger partial charge on any atom is -0.476 e. The number of nitrogens with zero attached hydrogens (tertiary/aromatic N) is 3. The molecule has 2 N–H and O–H groups in total. The van der Waals surface area contributed by atoms with Crippen LogP contribution in [0.5, 0.6) is 0 Å². The molecule has 2 aromatic rings. The third kappa shape index (κ3) is 2.33. The Morgan fingerprint density at radius 2 is 2.28 bits per heavy atom. The number of hydrogen-bond donors (Lipinski definition) is 2. The summed E-state index contributed by atoms with van der Waals surface area (Å²) in [5, 5.41) is 13.6. The zero-order valence-electron chi connectivity index (χ0n) is 9.06. The van der Waals surface area contributed by atoms with E-state index in [4.69, 9.17) is 5.11 Å². The molecule has 0 aliphatic rings. The summed E-state index contributed by atoms with van der Waals surface area (Å²) in [5.74, 6) is -1.21. The highest BCUT2D eigenvalue weighted by Gasteiger charge is 2.20. The van der Waals surface area contributed by atoms with Crippen molar-refractivity contribution in [3.63, 3.8) is 0 Å². The number of carboxylic acids is 1. The molecule has 96 valence electrons. The monoisotopic (exact) mass is 288 g/mol. The van der Waals surface area contributed by atoms with Gasteiger partial charge >= 0.3 is 5.97 Å². The minimum absolute atomic E-state index is 0.00593. The van der Waals surface area contributed by atoms with Crippen LogP contribution in [-0.2, 0) is 17.1 Å². The second kappa shape index (κ2) is 4.38. The van der Waals surface area contributed by atoms with E-state index in [-0.39, 0.29) is 15.9 Å². The third-order valence-electron chi connectivity index (χ3n) is 2.00. The van der Waals surface area contributed by atoms with Crippen LogP contribution in [0.15, 0.2) is 22.7 Å². The highest BCUT2D eigenvalue weighted by Crippen LogP contribution is 2.19. The van der Waals surface area contributed by atoms with E-state index in [1.54, 1.807) is 0 Å². The molecule has 0 saturated carbocycles. The fraction of sp³-hybridized carbons (Fsp3) is 0.125. The van der Waals surface area contributed by atoms with E-state index in [1.165, 1.54) is 29.4 Å². The van der Waals surface area contributed by atoms with Gasteiger partial charge in [0, 0.05) is 12.4 Å². The summed E-state index contributed by atoms with van der Waals surface area (Å²) in [7, 11) is -2.32.